The molecule has 2 aliphatic rings. The summed E-state index contributed by atoms with van der Waals surface area (Å²) in [6, 6.07) is 6.14. The molecule has 2 atom stereocenters. The van der Waals surface area contributed by atoms with Crippen LogP contribution in [0, 0.1) is 23.1 Å². The molecule has 0 saturated carbocycles. The van der Waals surface area contributed by atoms with Gasteiger partial charge in [-0.3, -0.25) is 4.79 Å². The van der Waals surface area contributed by atoms with Gasteiger partial charge in [-0.15, -0.1) is 0 Å². The van der Waals surface area contributed by atoms with E-state index in [4.69, 9.17) is 5.26 Å². The Balaban J connectivity index is 1.83. The first-order chi connectivity index (χ1) is 10.4. The van der Waals surface area contributed by atoms with Crippen LogP contribution in [0.5, 0.6) is 0 Å². The molecule has 0 N–H and O–H groups in total. The maximum absolute atomic E-state index is 14.1. The fourth-order valence-electron chi connectivity index (χ4n) is 3.60. The molecule has 2 unspecified atom stereocenters. The molecule has 2 fully saturated rings. The Morgan fingerprint density at radius 3 is 2.45 bits per heavy atom. The summed E-state index contributed by atoms with van der Waals surface area (Å²) in [6.45, 7) is 0. The highest BCUT2D eigenvalue weighted by Gasteiger charge is 2.48. The number of hydrogen-bond acceptors (Lipinski definition) is 4. The van der Waals surface area contributed by atoms with E-state index in [2.05, 4.69) is 0 Å². The van der Waals surface area contributed by atoms with E-state index in [1.165, 1.54) is 12.1 Å². The molecule has 116 valence electrons. The van der Waals surface area contributed by atoms with Crippen LogP contribution < -0.4 is 0 Å². The lowest BCUT2D eigenvalue weighted by Gasteiger charge is -2.27. The van der Waals surface area contributed by atoms with Gasteiger partial charge in [0.15, 0.2) is 15.6 Å². The van der Waals surface area contributed by atoms with Gasteiger partial charge in [0, 0.05) is 5.92 Å². The number of ketones is 1. The van der Waals surface area contributed by atoms with Gasteiger partial charge in [0.25, 0.3) is 0 Å². The van der Waals surface area contributed by atoms with Crippen LogP contribution in [0.1, 0.15) is 41.6 Å². The first-order valence-electron chi connectivity index (χ1n) is 7.35. The molecule has 0 spiro atoms. The summed E-state index contributed by atoms with van der Waals surface area (Å²) in [5.74, 6) is -1.36. The largest absolute Gasteiger partial charge is 0.294 e. The number of carbonyl (C=O) groups excluding carboxylic acids is 1. The summed E-state index contributed by atoms with van der Waals surface area (Å²) in [6.07, 6.45) is 1.92. The number of nitrogens with zero attached hydrogens (tertiary/aromatic N) is 1. The molecule has 0 radical (unpaired) electrons. The van der Waals surface area contributed by atoms with E-state index < -0.39 is 32.1 Å². The molecule has 22 heavy (non-hydrogen) atoms. The van der Waals surface area contributed by atoms with Crippen LogP contribution >= 0.6 is 0 Å². The van der Waals surface area contributed by atoms with Crippen molar-refractivity contribution in [1.82, 2.24) is 0 Å². The lowest BCUT2D eigenvalue weighted by Crippen LogP contribution is -2.36. The minimum absolute atomic E-state index is 0.00499. The third-order valence-corrected chi connectivity index (χ3v) is 7.50. The Hall–Kier alpha value is -1.74. The summed E-state index contributed by atoms with van der Waals surface area (Å²) in [5, 5.41) is 7.72. The van der Waals surface area contributed by atoms with Crippen molar-refractivity contribution in [3.8, 4) is 6.07 Å². The van der Waals surface area contributed by atoms with Crippen molar-refractivity contribution in [2.24, 2.45) is 5.92 Å². The minimum atomic E-state index is -3.08. The molecule has 1 aromatic rings. The standard InChI is InChI=1S/C16H16FNO3S/c17-15-7-10(5-6-18)1-4-14(15)16(19)11-8-12-2-3-13(9-11)22(12,20)21/h1,4,7,11-13H,2-3,5,8-9H2. The van der Waals surface area contributed by atoms with Gasteiger partial charge in [0.05, 0.1) is 28.6 Å². The van der Waals surface area contributed by atoms with Crippen molar-refractivity contribution in [1.29, 1.82) is 5.26 Å². The average molecular weight is 321 g/mol. The molecule has 4 nitrogen and oxygen atoms in total. The minimum Gasteiger partial charge on any atom is -0.294 e. The van der Waals surface area contributed by atoms with Gasteiger partial charge in [-0.25, -0.2) is 12.8 Å². The molecule has 2 bridgehead atoms. The normalized spacial score (nSPS) is 29.0. The molecular formula is C16H16FNO3S. The van der Waals surface area contributed by atoms with Crippen LogP contribution in [-0.4, -0.2) is 24.7 Å². The maximum atomic E-state index is 14.1. The number of carbonyl (C=O) groups is 1. The van der Waals surface area contributed by atoms with Gasteiger partial charge >= 0.3 is 0 Å². The first-order valence-corrected chi connectivity index (χ1v) is 8.96. The number of sulfone groups is 1. The molecule has 2 heterocycles. The molecule has 1 aromatic carbocycles. The van der Waals surface area contributed by atoms with Crippen LogP contribution in [0.25, 0.3) is 0 Å². The highest BCUT2D eigenvalue weighted by atomic mass is 32.2. The third-order valence-electron chi connectivity index (χ3n) is 4.79. The van der Waals surface area contributed by atoms with Gasteiger partial charge in [0.2, 0.25) is 0 Å². The highest BCUT2D eigenvalue weighted by molar-refractivity contribution is 7.93. The molecule has 2 saturated heterocycles. The quantitative estimate of drug-likeness (QED) is 0.801. The van der Waals surface area contributed by atoms with Crippen molar-refractivity contribution in [3.05, 3.63) is 35.1 Å². The molecular weight excluding hydrogens is 305 g/mol. The van der Waals surface area contributed by atoms with Crippen LogP contribution in [0.4, 0.5) is 4.39 Å². The van der Waals surface area contributed by atoms with Crippen LogP contribution in [0.2, 0.25) is 0 Å². The molecule has 3 rings (SSSR count). The monoisotopic (exact) mass is 321 g/mol. The number of nitriles is 1. The summed E-state index contributed by atoms with van der Waals surface area (Å²) >= 11 is 0. The van der Waals surface area contributed by atoms with Gasteiger partial charge < -0.3 is 0 Å². The van der Waals surface area contributed by atoms with Crippen molar-refractivity contribution in [2.45, 2.75) is 42.6 Å². The summed E-state index contributed by atoms with van der Waals surface area (Å²) < 4.78 is 38.2. The zero-order valence-corrected chi connectivity index (χ0v) is 12.8. The van der Waals surface area contributed by atoms with E-state index in [1.54, 1.807) is 6.07 Å². The lowest BCUT2D eigenvalue weighted by molar-refractivity contribution is 0.0901. The van der Waals surface area contributed by atoms with Gasteiger partial charge in [-0.2, -0.15) is 5.26 Å². The van der Waals surface area contributed by atoms with E-state index in [1.807, 2.05) is 6.07 Å². The maximum Gasteiger partial charge on any atom is 0.168 e. The van der Waals surface area contributed by atoms with Crippen molar-refractivity contribution < 1.29 is 17.6 Å². The highest BCUT2D eigenvalue weighted by Crippen LogP contribution is 2.42. The number of fused-ring (bicyclic) bond motifs is 2. The van der Waals surface area contributed by atoms with Crippen molar-refractivity contribution >= 4 is 15.6 Å². The number of halogens is 1. The second kappa shape index (κ2) is 5.47. The lowest BCUT2D eigenvalue weighted by atomic mass is 9.89. The fraction of sp³-hybridized carbons (Fsp3) is 0.500. The average Bonchev–Trinajstić information content (AvgIpc) is 2.67. The Bertz CT molecular complexity index is 746. The van der Waals surface area contributed by atoms with Crippen LogP contribution in [0.3, 0.4) is 0 Å². The second-order valence-corrected chi connectivity index (χ2v) is 8.60. The second-order valence-electron chi connectivity index (χ2n) is 6.09. The Morgan fingerprint density at radius 2 is 1.91 bits per heavy atom. The van der Waals surface area contributed by atoms with Crippen LogP contribution in [0.15, 0.2) is 18.2 Å². The summed E-state index contributed by atoms with van der Waals surface area (Å²) in [4.78, 5) is 12.5. The van der Waals surface area contributed by atoms with E-state index in [9.17, 15) is 17.6 Å². The number of benzene rings is 1. The van der Waals surface area contributed by atoms with Gasteiger partial charge in [-0.05, 0) is 43.4 Å². The Morgan fingerprint density at radius 1 is 1.27 bits per heavy atom. The zero-order valence-electron chi connectivity index (χ0n) is 12.0. The van der Waals surface area contributed by atoms with Gasteiger partial charge in [-0.1, -0.05) is 6.07 Å². The smallest absolute Gasteiger partial charge is 0.168 e. The topological polar surface area (TPSA) is 75.0 Å². The van der Waals surface area contributed by atoms with E-state index in [-0.39, 0.29) is 17.8 Å². The number of rotatable bonds is 3. The zero-order chi connectivity index (χ0) is 15.9. The SMILES string of the molecule is N#CCc1ccc(C(=O)C2CC3CCC(C2)S3(=O)=O)c(F)c1. The Labute approximate surface area is 128 Å². The predicted octanol–water partition coefficient (Wildman–Crippen LogP) is 2.43. The summed E-state index contributed by atoms with van der Waals surface area (Å²) in [5.41, 5.74) is 0.535. The first kappa shape index (κ1) is 15.2. The molecule has 6 heteroatoms. The predicted molar refractivity (Wildman–Crippen MR) is 78.5 cm³/mol. The third kappa shape index (κ3) is 2.44. The number of Topliss-reactive ketones (excluding diaryl/α,β-unsaturated/α-hetero) is 1. The fourth-order valence-corrected chi connectivity index (χ4v) is 6.08. The van der Waals surface area contributed by atoms with E-state index in [0.717, 1.165) is 0 Å². The van der Waals surface area contributed by atoms with Crippen molar-refractivity contribution in [2.75, 3.05) is 0 Å². The summed E-state index contributed by atoms with van der Waals surface area (Å²) in [7, 11) is -3.08. The Kier molecular flexibility index (Phi) is 3.77. The molecule has 2 aliphatic heterocycles. The van der Waals surface area contributed by atoms with Crippen molar-refractivity contribution in [3.63, 3.8) is 0 Å². The molecule has 0 aliphatic carbocycles. The number of hydrogen-bond donors (Lipinski definition) is 0. The van der Waals surface area contributed by atoms with Crippen LogP contribution in [-0.2, 0) is 16.3 Å². The molecule has 0 aromatic heterocycles. The van der Waals surface area contributed by atoms with Gasteiger partial charge in [0.1, 0.15) is 5.82 Å². The van der Waals surface area contributed by atoms with E-state index >= 15 is 0 Å². The molecule has 0 amide bonds. The van der Waals surface area contributed by atoms with E-state index in [0.29, 0.717) is 31.2 Å².